The van der Waals surface area contributed by atoms with Crippen LogP contribution in [0, 0.1) is 24.7 Å². The van der Waals surface area contributed by atoms with Gasteiger partial charge >= 0.3 is 0 Å². The van der Waals surface area contributed by atoms with Crippen molar-refractivity contribution in [2.75, 3.05) is 57.3 Å². The molecule has 3 amide bonds. The van der Waals surface area contributed by atoms with Crippen LogP contribution in [0.5, 0.6) is 0 Å². The van der Waals surface area contributed by atoms with Gasteiger partial charge in [-0.25, -0.2) is 0 Å². The number of nitrogens with zero attached hydrogens (tertiary/aromatic N) is 5. The normalized spacial score (nSPS) is 21.0. The summed E-state index contributed by atoms with van der Waals surface area (Å²) in [6.07, 6.45) is 2.25. The molecular weight excluding hydrogens is 562 g/mol. The molecular formula is C34H42ClN5O3. The van der Waals surface area contributed by atoms with Gasteiger partial charge < -0.3 is 24.2 Å². The topological polar surface area (TPSA) is 69.1 Å². The number of para-hydroxylation sites is 1. The van der Waals surface area contributed by atoms with E-state index in [1.807, 2.05) is 69.6 Å². The SMILES string of the molecule is CC(=O)N1CCC(C(=O)N(CCCN2CC3CN(C(=O)c4cc5ccccc5n4C)CC3C2)c2ccc(C)c(Cl)c2)CC1. The maximum absolute atomic E-state index is 13.8. The summed E-state index contributed by atoms with van der Waals surface area (Å²) >= 11 is 6.48. The summed E-state index contributed by atoms with van der Waals surface area (Å²) in [6.45, 7) is 9.93. The third kappa shape index (κ3) is 6.04. The van der Waals surface area contributed by atoms with Crippen molar-refractivity contribution in [1.82, 2.24) is 19.3 Å². The molecule has 8 nitrogen and oxygen atoms in total. The molecule has 3 saturated heterocycles. The number of aryl methyl sites for hydroxylation is 2. The van der Waals surface area contributed by atoms with Crippen LogP contribution in [0.2, 0.25) is 5.02 Å². The van der Waals surface area contributed by atoms with Crippen molar-refractivity contribution < 1.29 is 14.4 Å². The molecule has 0 aliphatic carbocycles. The molecule has 2 unspecified atom stereocenters. The molecule has 3 aromatic rings. The van der Waals surface area contributed by atoms with Crippen molar-refractivity contribution in [2.45, 2.75) is 33.1 Å². The minimum absolute atomic E-state index is 0.0736. The Labute approximate surface area is 259 Å². The Morgan fingerprint density at radius 3 is 2.28 bits per heavy atom. The Morgan fingerprint density at radius 2 is 1.63 bits per heavy atom. The van der Waals surface area contributed by atoms with E-state index in [4.69, 9.17) is 11.6 Å². The van der Waals surface area contributed by atoms with E-state index in [1.165, 1.54) is 0 Å². The summed E-state index contributed by atoms with van der Waals surface area (Å²) in [5, 5.41) is 1.76. The van der Waals surface area contributed by atoms with Gasteiger partial charge in [0, 0.05) is 87.3 Å². The first kappa shape index (κ1) is 29.7. The Hall–Kier alpha value is -3.36. The molecule has 1 aromatic heterocycles. The van der Waals surface area contributed by atoms with Crippen LogP contribution >= 0.6 is 11.6 Å². The molecule has 3 aliphatic rings. The van der Waals surface area contributed by atoms with E-state index in [1.54, 1.807) is 6.92 Å². The Morgan fingerprint density at radius 1 is 0.930 bits per heavy atom. The fourth-order valence-electron chi connectivity index (χ4n) is 7.33. The zero-order chi connectivity index (χ0) is 30.2. The molecule has 43 heavy (non-hydrogen) atoms. The standard InChI is InChI=1S/C34H42ClN5O3/c1-23-9-10-29(18-30(23)35)40(33(42)25-11-15-38(16-12-25)24(2)41)14-6-13-37-19-27-21-39(22-28(27)20-37)34(43)32-17-26-7-4-5-8-31(26)36(32)3/h4-5,7-10,17-18,25,27-28H,6,11-16,19-22H2,1-3H3. The molecule has 3 aliphatic heterocycles. The quantitative estimate of drug-likeness (QED) is 0.388. The summed E-state index contributed by atoms with van der Waals surface area (Å²) in [5.41, 5.74) is 3.67. The summed E-state index contributed by atoms with van der Waals surface area (Å²) in [6, 6.07) is 16.0. The maximum atomic E-state index is 13.8. The van der Waals surface area contributed by atoms with Gasteiger partial charge in [0.2, 0.25) is 11.8 Å². The number of rotatable bonds is 7. The molecule has 2 atom stereocenters. The second kappa shape index (κ2) is 12.3. The van der Waals surface area contributed by atoms with E-state index in [-0.39, 0.29) is 23.6 Å². The first-order valence-electron chi connectivity index (χ1n) is 15.6. The van der Waals surface area contributed by atoms with Gasteiger partial charge in [-0.3, -0.25) is 14.4 Å². The van der Waals surface area contributed by atoms with E-state index < -0.39 is 0 Å². The van der Waals surface area contributed by atoms with E-state index >= 15 is 0 Å². The molecule has 2 aromatic carbocycles. The van der Waals surface area contributed by atoms with Crippen LogP contribution in [-0.4, -0.2) is 89.3 Å². The highest BCUT2D eigenvalue weighted by atomic mass is 35.5. The van der Waals surface area contributed by atoms with Gasteiger partial charge in [-0.1, -0.05) is 35.9 Å². The lowest BCUT2D eigenvalue weighted by Gasteiger charge is -2.34. The van der Waals surface area contributed by atoms with E-state index in [0.29, 0.717) is 49.3 Å². The maximum Gasteiger partial charge on any atom is 0.270 e. The fourth-order valence-corrected chi connectivity index (χ4v) is 7.50. The van der Waals surface area contributed by atoms with Crippen molar-refractivity contribution in [3.05, 3.63) is 64.8 Å². The van der Waals surface area contributed by atoms with Crippen LogP contribution in [0.1, 0.15) is 42.2 Å². The number of halogens is 1. The predicted octanol–water partition coefficient (Wildman–Crippen LogP) is 4.83. The van der Waals surface area contributed by atoms with Gasteiger partial charge in [0.05, 0.1) is 0 Å². The number of piperidine rings is 1. The molecule has 0 bridgehead atoms. The second-order valence-electron chi connectivity index (χ2n) is 12.7. The second-order valence-corrected chi connectivity index (χ2v) is 13.1. The van der Waals surface area contributed by atoms with Crippen LogP contribution < -0.4 is 4.90 Å². The highest BCUT2D eigenvalue weighted by Crippen LogP contribution is 2.33. The molecule has 0 spiro atoms. The van der Waals surface area contributed by atoms with Gasteiger partial charge in [-0.2, -0.15) is 0 Å². The van der Waals surface area contributed by atoms with Crippen molar-refractivity contribution in [2.24, 2.45) is 24.8 Å². The van der Waals surface area contributed by atoms with Crippen LogP contribution in [-0.2, 0) is 16.6 Å². The molecule has 0 radical (unpaired) electrons. The smallest absolute Gasteiger partial charge is 0.270 e. The summed E-state index contributed by atoms with van der Waals surface area (Å²) in [5.74, 6) is 1.21. The van der Waals surface area contributed by atoms with E-state index in [0.717, 1.165) is 67.0 Å². The molecule has 228 valence electrons. The van der Waals surface area contributed by atoms with Gasteiger partial charge in [-0.05, 0) is 74.4 Å². The van der Waals surface area contributed by atoms with Crippen molar-refractivity contribution in [3.8, 4) is 0 Å². The van der Waals surface area contributed by atoms with Crippen LogP contribution in [0.25, 0.3) is 10.9 Å². The zero-order valence-corrected chi connectivity index (χ0v) is 26.2. The number of carbonyl (C=O) groups excluding carboxylic acids is 3. The fraction of sp³-hybridized carbons (Fsp3) is 0.500. The third-order valence-corrected chi connectivity index (χ3v) is 10.3. The number of hydrogen-bond donors (Lipinski definition) is 0. The number of fused-ring (bicyclic) bond motifs is 2. The van der Waals surface area contributed by atoms with E-state index in [9.17, 15) is 14.4 Å². The molecule has 3 fully saturated rings. The first-order valence-corrected chi connectivity index (χ1v) is 16.0. The number of benzene rings is 2. The average Bonchev–Trinajstić information content (AvgIpc) is 3.68. The van der Waals surface area contributed by atoms with Crippen LogP contribution in [0.3, 0.4) is 0 Å². The predicted molar refractivity (Wildman–Crippen MR) is 170 cm³/mol. The lowest BCUT2D eigenvalue weighted by Crippen LogP contribution is -2.44. The van der Waals surface area contributed by atoms with Crippen LogP contribution in [0.4, 0.5) is 5.69 Å². The lowest BCUT2D eigenvalue weighted by molar-refractivity contribution is -0.133. The molecule has 9 heteroatoms. The largest absolute Gasteiger partial charge is 0.343 e. The van der Waals surface area contributed by atoms with Crippen molar-refractivity contribution in [1.29, 1.82) is 0 Å². The molecule has 4 heterocycles. The van der Waals surface area contributed by atoms with E-state index in [2.05, 4.69) is 17.0 Å². The van der Waals surface area contributed by atoms with Gasteiger partial charge in [-0.15, -0.1) is 0 Å². The molecule has 0 N–H and O–H groups in total. The number of aromatic nitrogens is 1. The van der Waals surface area contributed by atoms with Crippen molar-refractivity contribution in [3.63, 3.8) is 0 Å². The minimum atomic E-state index is -0.0906. The summed E-state index contributed by atoms with van der Waals surface area (Å²) < 4.78 is 2.01. The Kier molecular flexibility index (Phi) is 8.51. The summed E-state index contributed by atoms with van der Waals surface area (Å²) in [7, 11) is 1.97. The van der Waals surface area contributed by atoms with Gasteiger partial charge in [0.1, 0.15) is 5.69 Å². The monoisotopic (exact) mass is 603 g/mol. The molecule has 6 rings (SSSR count). The Bertz CT molecular complexity index is 1510. The number of amides is 3. The highest BCUT2D eigenvalue weighted by molar-refractivity contribution is 6.31. The zero-order valence-electron chi connectivity index (χ0n) is 25.5. The minimum Gasteiger partial charge on any atom is -0.343 e. The lowest BCUT2D eigenvalue weighted by atomic mass is 9.94. The Balaban J connectivity index is 1.05. The number of carbonyl (C=O) groups is 3. The summed E-state index contributed by atoms with van der Waals surface area (Å²) in [4.78, 5) is 47.3. The highest BCUT2D eigenvalue weighted by Gasteiger charge is 2.42. The average molecular weight is 604 g/mol. The first-order chi connectivity index (χ1) is 20.7. The number of likely N-dealkylation sites (tertiary alicyclic amines) is 3. The third-order valence-electron chi connectivity index (χ3n) is 9.90. The number of hydrogen-bond acceptors (Lipinski definition) is 4. The number of anilines is 1. The van der Waals surface area contributed by atoms with Gasteiger partial charge in [0.15, 0.2) is 0 Å². The van der Waals surface area contributed by atoms with Crippen LogP contribution in [0.15, 0.2) is 48.5 Å². The molecule has 0 saturated carbocycles. The van der Waals surface area contributed by atoms with Gasteiger partial charge in [0.25, 0.3) is 5.91 Å². The van der Waals surface area contributed by atoms with Crippen molar-refractivity contribution >= 4 is 45.9 Å².